The van der Waals surface area contributed by atoms with Gasteiger partial charge in [-0.1, -0.05) is 0 Å². The fourth-order valence-electron chi connectivity index (χ4n) is 2.47. The fraction of sp³-hybridized carbons (Fsp3) is 0.462. The Kier molecular flexibility index (Phi) is 2.78. The van der Waals surface area contributed by atoms with Crippen LogP contribution in [-0.4, -0.2) is 9.55 Å². The highest BCUT2D eigenvalue weighted by Gasteiger charge is 2.21. The van der Waals surface area contributed by atoms with Gasteiger partial charge in [0.25, 0.3) is 0 Å². The summed E-state index contributed by atoms with van der Waals surface area (Å²) in [5.74, 6) is 0. The Morgan fingerprint density at radius 1 is 1.29 bits per heavy atom. The van der Waals surface area contributed by atoms with Crippen molar-refractivity contribution in [1.82, 2.24) is 9.55 Å². The van der Waals surface area contributed by atoms with Gasteiger partial charge in [0.05, 0.1) is 5.69 Å². The number of thiazole rings is 1. The molecule has 17 heavy (non-hydrogen) atoms. The molecule has 92 valence electrons. The third-order valence-corrected chi connectivity index (χ3v) is 3.57. The van der Waals surface area contributed by atoms with Gasteiger partial charge in [-0.05, 0) is 40.7 Å². The number of nitrogen functional groups attached to an aromatic ring is 1. The topological polar surface area (TPSA) is 43.8 Å². The van der Waals surface area contributed by atoms with Crippen LogP contribution in [0, 0.1) is 13.8 Å². The van der Waals surface area contributed by atoms with Crippen LogP contribution in [0.15, 0.2) is 11.4 Å². The number of aryl methyl sites for hydroxylation is 1. The number of hydrogen-bond donors (Lipinski definition) is 1. The van der Waals surface area contributed by atoms with Crippen molar-refractivity contribution >= 4 is 16.5 Å². The summed E-state index contributed by atoms with van der Waals surface area (Å²) in [5.41, 5.74) is 10.5. The monoisotopic (exact) mass is 249 g/mol. The first-order chi connectivity index (χ1) is 7.80. The molecule has 0 bridgehead atoms. The lowest BCUT2D eigenvalue weighted by Crippen LogP contribution is -2.24. The Morgan fingerprint density at radius 2 is 1.94 bits per heavy atom. The van der Waals surface area contributed by atoms with Gasteiger partial charge < -0.3 is 10.3 Å². The molecule has 0 aromatic carbocycles. The molecule has 0 saturated heterocycles. The zero-order valence-electron chi connectivity index (χ0n) is 11.0. The summed E-state index contributed by atoms with van der Waals surface area (Å²) in [6, 6.07) is 2.19. The lowest BCUT2D eigenvalue weighted by Gasteiger charge is -2.25. The molecule has 4 heteroatoms. The van der Waals surface area contributed by atoms with Crippen LogP contribution in [0.1, 0.15) is 32.2 Å². The van der Waals surface area contributed by atoms with Gasteiger partial charge in [0.15, 0.2) is 5.13 Å². The minimum Gasteiger partial charge on any atom is -0.375 e. The molecular formula is C13H19N3S. The molecule has 0 saturated carbocycles. The van der Waals surface area contributed by atoms with Gasteiger partial charge in [-0.2, -0.15) is 0 Å². The molecule has 2 rings (SSSR count). The van der Waals surface area contributed by atoms with Crippen LogP contribution in [-0.2, 0) is 5.54 Å². The summed E-state index contributed by atoms with van der Waals surface area (Å²) in [5, 5.41) is 2.64. The summed E-state index contributed by atoms with van der Waals surface area (Å²) in [4.78, 5) is 4.36. The number of rotatable bonds is 1. The van der Waals surface area contributed by atoms with Crippen molar-refractivity contribution in [2.45, 2.75) is 40.2 Å². The maximum absolute atomic E-state index is 5.70. The zero-order chi connectivity index (χ0) is 12.8. The van der Waals surface area contributed by atoms with Gasteiger partial charge in [-0.25, -0.2) is 4.98 Å². The summed E-state index contributed by atoms with van der Waals surface area (Å²) in [7, 11) is 0. The molecule has 3 nitrogen and oxygen atoms in total. The average Bonchev–Trinajstić information content (AvgIpc) is 2.69. The first-order valence-corrected chi connectivity index (χ1v) is 6.59. The van der Waals surface area contributed by atoms with E-state index in [1.165, 1.54) is 28.3 Å². The summed E-state index contributed by atoms with van der Waals surface area (Å²) >= 11 is 1.49. The first-order valence-electron chi connectivity index (χ1n) is 5.71. The van der Waals surface area contributed by atoms with Crippen molar-refractivity contribution < 1.29 is 0 Å². The predicted octanol–water partition coefficient (Wildman–Crippen LogP) is 3.57. The van der Waals surface area contributed by atoms with Crippen LogP contribution in [0.25, 0.3) is 11.3 Å². The number of aromatic nitrogens is 2. The van der Waals surface area contributed by atoms with Crippen LogP contribution in [0.4, 0.5) is 5.13 Å². The Balaban J connectivity index is 2.59. The molecule has 2 aromatic rings. The molecule has 0 aliphatic carbocycles. The van der Waals surface area contributed by atoms with E-state index in [9.17, 15) is 0 Å². The van der Waals surface area contributed by atoms with Crippen LogP contribution < -0.4 is 5.73 Å². The van der Waals surface area contributed by atoms with Crippen molar-refractivity contribution in [3.8, 4) is 11.3 Å². The quantitative estimate of drug-likeness (QED) is 0.839. The number of hydrogen-bond acceptors (Lipinski definition) is 3. The number of anilines is 1. The second kappa shape index (κ2) is 3.88. The predicted molar refractivity (Wildman–Crippen MR) is 74.4 cm³/mol. The summed E-state index contributed by atoms with van der Waals surface area (Å²) in [6.07, 6.45) is 0. The summed E-state index contributed by atoms with van der Waals surface area (Å²) in [6.45, 7) is 10.9. The molecule has 0 spiro atoms. The second-order valence-corrected chi connectivity index (χ2v) is 6.25. The van der Waals surface area contributed by atoms with Gasteiger partial charge in [0.1, 0.15) is 0 Å². The van der Waals surface area contributed by atoms with Crippen LogP contribution in [0.2, 0.25) is 0 Å². The minimum atomic E-state index is 0.0913. The van der Waals surface area contributed by atoms with Crippen LogP contribution >= 0.6 is 11.3 Å². The normalized spacial score (nSPS) is 12.1. The highest BCUT2D eigenvalue weighted by molar-refractivity contribution is 7.13. The van der Waals surface area contributed by atoms with Gasteiger partial charge >= 0.3 is 0 Å². The minimum absolute atomic E-state index is 0.0913. The fourth-order valence-corrected chi connectivity index (χ4v) is 3.03. The molecule has 0 aliphatic rings. The molecule has 0 atom stereocenters. The van der Waals surface area contributed by atoms with E-state index in [2.05, 4.69) is 50.2 Å². The summed E-state index contributed by atoms with van der Waals surface area (Å²) < 4.78 is 2.35. The van der Waals surface area contributed by atoms with E-state index in [4.69, 9.17) is 5.73 Å². The Hall–Kier alpha value is -1.29. The van der Waals surface area contributed by atoms with E-state index >= 15 is 0 Å². The highest BCUT2D eigenvalue weighted by Crippen LogP contribution is 2.32. The maximum atomic E-state index is 5.70. The molecule has 2 N–H and O–H groups in total. The van der Waals surface area contributed by atoms with Crippen molar-refractivity contribution in [3.63, 3.8) is 0 Å². The molecule has 0 unspecified atom stereocenters. The molecule has 0 amide bonds. The third kappa shape index (κ3) is 2.09. The average molecular weight is 249 g/mol. The van der Waals surface area contributed by atoms with Crippen molar-refractivity contribution in [1.29, 1.82) is 0 Å². The van der Waals surface area contributed by atoms with E-state index < -0.39 is 0 Å². The molecular weight excluding hydrogens is 230 g/mol. The van der Waals surface area contributed by atoms with Gasteiger partial charge in [-0.15, -0.1) is 11.3 Å². The molecule has 2 aromatic heterocycles. The molecule has 0 fully saturated rings. The lowest BCUT2D eigenvalue weighted by atomic mass is 10.1. The molecule has 0 radical (unpaired) electrons. The maximum Gasteiger partial charge on any atom is 0.180 e. The van der Waals surface area contributed by atoms with Gasteiger partial charge in [0, 0.05) is 27.9 Å². The largest absolute Gasteiger partial charge is 0.375 e. The van der Waals surface area contributed by atoms with Gasteiger partial charge in [0.2, 0.25) is 0 Å². The van der Waals surface area contributed by atoms with Crippen molar-refractivity contribution in [2.75, 3.05) is 5.73 Å². The smallest absolute Gasteiger partial charge is 0.180 e. The first kappa shape index (κ1) is 12.2. The Labute approximate surface area is 106 Å². The third-order valence-electron chi connectivity index (χ3n) is 2.90. The molecule has 2 heterocycles. The van der Waals surface area contributed by atoms with Crippen LogP contribution in [0.3, 0.4) is 0 Å². The van der Waals surface area contributed by atoms with E-state index in [1.807, 2.05) is 5.38 Å². The van der Waals surface area contributed by atoms with Crippen molar-refractivity contribution in [3.05, 3.63) is 22.8 Å². The van der Waals surface area contributed by atoms with Crippen LogP contribution in [0.5, 0.6) is 0 Å². The molecule has 0 aliphatic heterocycles. The van der Waals surface area contributed by atoms with E-state index in [-0.39, 0.29) is 5.54 Å². The van der Waals surface area contributed by atoms with E-state index in [0.717, 1.165) is 5.69 Å². The van der Waals surface area contributed by atoms with E-state index in [0.29, 0.717) is 5.13 Å². The van der Waals surface area contributed by atoms with E-state index in [1.54, 1.807) is 0 Å². The SMILES string of the molecule is Cc1cc(-c2csc(N)n2)c(C)n1C(C)(C)C. The number of nitrogens with zero attached hydrogens (tertiary/aromatic N) is 2. The zero-order valence-corrected chi connectivity index (χ0v) is 11.9. The van der Waals surface area contributed by atoms with Crippen molar-refractivity contribution in [2.24, 2.45) is 0 Å². The highest BCUT2D eigenvalue weighted by atomic mass is 32.1. The standard InChI is InChI=1S/C13H19N3S/c1-8-6-10(11-7-17-12(14)15-11)9(2)16(8)13(3,4)5/h6-7H,1-5H3,(H2,14,15). The lowest BCUT2D eigenvalue weighted by molar-refractivity contribution is 0.383. The Bertz CT molecular complexity index is 544. The van der Waals surface area contributed by atoms with Gasteiger partial charge in [-0.3, -0.25) is 0 Å². The second-order valence-electron chi connectivity index (χ2n) is 5.36. The Morgan fingerprint density at radius 3 is 2.35 bits per heavy atom. The number of nitrogens with two attached hydrogens (primary N) is 1.